The van der Waals surface area contributed by atoms with Gasteiger partial charge >= 0.3 is 0 Å². The molecule has 0 saturated carbocycles. The number of benzene rings is 3. The first-order chi connectivity index (χ1) is 18.3. The Kier molecular flexibility index (Phi) is 7.59. The minimum Gasteiger partial charge on any atom is -0.351 e. The van der Waals surface area contributed by atoms with Gasteiger partial charge in [-0.05, 0) is 61.5 Å². The van der Waals surface area contributed by atoms with Crippen LogP contribution in [0.25, 0.3) is 10.2 Å². The third-order valence-electron chi connectivity index (χ3n) is 6.43. The minimum absolute atomic E-state index is 0.182. The van der Waals surface area contributed by atoms with Crippen LogP contribution in [0.2, 0.25) is 0 Å². The van der Waals surface area contributed by atoms with Gasteiger partial charge in [-0.1, -0.05) is 29.0 Å². The lowest BCUT2D eigenvalue weighted by Gasteiger charge is -2.34. The van der Waals surface area contributed by atoms with E-state index in [1.165, 1.54) is 23.5 Å². The number of halogens is 1. The standard InChI is InChI=1S/C27H28FN5O3S2/c1-19-2-9-23(10-3-19)38(35,36)31-22-7-4-20(5-8-22)26(34)29-12-13-32-14-16-33(17-15-32)27-30-24-11-6-21(28)18-25(24)37-27/h2-11,18,31H,12-17H2,1H3,(H,29,34). The molecule has 0 aliphatic carbocycles. The maximum Gasteiger partial charge on any atom is 0.261 e. The molecular weight excluding hydrogens is 525 g/mol. The number of carbonyl (C=O) groups is 1. The van der Waals surface area contributed by atoms with E-state index in [0.717, 1.165) is 53.6 Å². The van der Waals surface area contributed by atoms with Crippen LogP contribution in [0.3, 0.4) is 0 Å². The fourth-order valence-electron chi connectivity index (χ4n) is 4.24. The van der Waals surface area contributed by atoms with E-state index in [2.05, 4.69) is 24.8 Å². The van der Waals surface area contributed by atoms with Crippen molar-refractivity contribution >= 4 is 48.3 Å². The van der Waals surface area contributed by atoms with Gasteiger partial charge in [0.1, 0.15) is 5.82 Å². The molecule has 0 atom stereocenters. The summed E-state index contributed by atoms with van der Waals surface area (Å²) in [6, 6.07) is 17.6. The molecule has 1 aliphatic rings. The maximum absolute atomic E-state index is 13.5. The number of aromatic nitrogens is 1. The molecule has 2 N–H and O–H groups in total. The Labute approximate surface area is 225 Å². The Balaban J connectivity index is 1.07. The second kappa shape index (κ2) is 11.1. The number of aryl methyl sites for hydroxylation is 1. The van der Waals surface area contributed by atoms with Gasteiger partial charge in [0.25, 0.3) is 15.9 Å². The zero-order valence-electron chi connectivity index (χ0n) is 20.9. The Morgan fingerprint density at radius 1 is 1.00 bits per heavy atom. The molecule has 1 aliphatic heterocycles. The quantitative estimate of drug-likeness (QED) is 0.341. The number of thiazole rings is 1. The van der Waals surface area contributed by atoms with E-state index in [-0.39, 0.29) is 16.6 Å². The molecule has 3 aromatic carbocycles. The number of nitrogens with one attached hydrogen (secondary N) is 2. The number of piperazine rings is 1. The molecule has 4 aromatic rings. The summed E-state index contributed by atoms with van der Waals surface area (Å²) >= 11 is 1.50. The van der Waals surface area contributed by atoms with Crippen molar-refractivity contribution in [3.63, 3.8) is 0 Å². The highest BCUT2D eigenvalue weighted by Gasteiger charge is 2.20. The third kappa shape index (κ3) is 6.12. The van der Waals surface area contributed by atoms with Crippen LogP contribution >= 0.6 is 11.3 Å². The average molecular weight is 554 g/mol. The average Bonchev–Trinajstić information content (AvgIpc) is 3.33. The van der Waals surface area contributed by atoms with Gasteiger partial charge in [0.2, 0.25) is 0 Å². The summed E-state index contributed by atoms with van der Waals surface area (Å²) in [4.78, 5) is 21.9. The van der Waals surface area contributed by atoms with Gasteiger partial charge < -0.3 is 10.2 Å². The van der Waals surface area contributed by atoms with Gasteiger partial charge in [-0.3, -0.25) is 14.4 Å². The summed E-state index contributed by atoms with van der Waals surface area (Å²) in [5, 5.41) is 3.84. The van der Waals surface area contributed by atoms with Gasteiger partial charge in [-0.15, -0.1) is 0 Å². The van der Waals surface area contributed by atoms with Gasteiger partial charge in [-0.2, -0.15) is 0 Å². The van der Waals surface area contributed by atoms with E-state index in [1.807, 2.05) is 6.92 Å². The Hall–Kier alpha value is -3.54. The van der Waals surface area contributed by atoms with Crippen molar-refractivity contribution in [1.82, 2.24) is 15.2 Å². The lowest BCUT2D eigenvalue weighted by Crippen LogP contribution is -2.48. The number of carbonyl (C=O) groups excluding carboxylic acids is 1. The molecule has 0 unspecified atom stereocenters. The molecule has 0 radical (unpaired) electrons. The first-order valence-electron chi connectivity index (χ1n) is 12.3. The van der Waals surface area contributed by atoms with Gasteiger partial charge in [0.15, 0.2) is 5.13 Å². The van der Waals surface area contributed by atoms with Crippen molar-refractivity contribution in [2.24, 2.45) is 0 Å². The second-order valence-electron chi connectivity index (χ2n) is 9.19. The first kappa shape index (κ1) is 26.1. The van der Waals surface area contributed by atoms with Gasteiger partial charge in [0, 0.05) is 50.5 Å². The Morgan fingerprint density at radius 3 is 2.42 bits per heavy atom. The predicted molar refractivity (Wildman–Crippen MR) is 149 cm³/mol. The highest BCUT2D eigenvalue weighted by atomic mass is 32.2. The van der Waals surface area contributed by atoms with Crippen molar-refractivity contribution in [3.8, 4) is 0 Å². The smallest absolute Gasteiger partial charge is 0.261 e. The van der Waals surface area contributed by atoms with E-state index in [4.69, 9.17) is 0 Å². The van der Waals surface area contributed by atoms with Gasteiger partial charge in [-0.25, -0.2) is 17.8 Å². The summed E-state index contributed by atoms with van der Waals surface area (Å²) in [5.41, 5.74) is 2.64. The Morgan fingerprint density at radius 2 is 1.71 bits per heavy atom. The zero-order chi connectivity index (χ0) is 26.7. The fourth-order valence-corrected chi connectivity index (χ4v) is 6.34. The van der Waals surface area contributed by atoms with E-state index in [1.54, 1.807) is 54.6 Å². The normalized spacial score (nSPS) is 14.5. The molecule has 0 spiro atoms. The molecule has 0 bridgehead atoms. The van der Waals surface area contributed by atoms with Crippen molar-refractivity contribution in [2.75, 3.05) is 48.9 Å². The number of fused-ring (bicyclic) bond motifs is 1. The van der Waals surface area contributed by atoms with Crippen LogP contribution in [-0.2, 0) is 10.0 Å². The van der Waals surface area contributed by atoms with Crippen molar-refractivity contribution in [2.45, 2.75) is 11.8 Å². The second-order valence-corrected chi connectivity index (χ2v) is 11.9. The molecule has 11 heteroatoms. The molecule has 5 rings (SSSR count). The van der Waals surface area contributed by atoms with E-state index in [0.29, 0.717) is 17.8 Å². The number of nitrogens with zero attached hydrogens (tertiary/aromatic N) is 3. The largest absolute Gasteiger partial charge is 0.351 e. The molecular formula is C27H28FN5O3S2. The maximum atomic E-state index is 13.5. The monoisotopic (exact) mass is 553 g/mol. The summed E-state index contributed by atoms with van der Waals surface area (Å²) < 4.78 is 42.0. The fraction of sp³-hybridized carbons (Fsp3) is 0.259. The van der Waals surface area contributed by atoms with Crippen LogP contribution in [0.1, 0.15) is 15.9 Å². The lowest BCUT2D eigenvalue weighted by molar-refractivity contribution is 0.0948. The Bertz CT molecular complexity index is 1530. The summed E-state index contributed by atoms with van der Waals surface area (Å²) in [6.45, 7) is 6.43. The van der Waals surface area contributed by atoms with Crippen LogP contribution in [0.4, 0.5) is 15.2 Å². The first-order valence-corrected chi connectivity index (χ1v) is 14.6. The number of hydrogen-bond acceptors (Lipinski definition) is 7. The zero-order valence-corrected chi connectivity index (χ0v) is 22.5. The number of rotatable bonds is 8. The molecule has 1 aromatic heterocycles. The van der Waals surface area contributed by atoms with Crippen LogP contribution in [0.5, 0.6) is 0 Å². The number of amides is 1. The van der Waals surface area contributed by atoms with Crippen molar-refractivity contribution in [1.29, 1.82) is 0 Å². The van der Waals surface area contributed by atoms with E-state index < -0.39 is 10.0 Å². The number of sulfonamides is 1. The summed E-state index contributed by atoms with van der Waals surface area (Å²) in [6.07, 6.45) is 0. The lowest BCUT2D eigenvalue weighted by atomic mass is 10.2. The minimum atomic E-state index is -3.70. The van der Waals surface area contributed by atoms with Crippen molar-refractivity contribution < 1.29 is 17.6 Å². The van der Waals surface area contributed by atoms with Crippen LogP contribution in [-0.4, -0.2) is 63.5 Å². The number of hydrogen-bond donors (Lipinski definition) is 2. The summed E-state index contributed by atoms with van der Waals surface area (Å²) in [7, 11) is -3.70. The number of anilines is 2. The van der Waals surface area contributed by atoms with Gasteiger partial charge in [0.05, 0.1) is 15.1 Å². The molecule has 1 amide bonds. The van der Waals surface area contributed by atoms with Crippen molar-refractivity contribution in [3.05, 3.63) is 83.7 Å². The molecule has 1 fully saturated rings. The molecule has 1 saturated heterocycles. The predicted octanol–water partition coefficient (Wildman–Crippen LogP) is 4.10. The highest BCUT2D eigenvalue weighted by Crippen LogP contribution is 2.29. The van der Waals surface area contributed by atoms with Crippen LogP contribution in [0, 0.1) is 12.7 Å². The third-order valence-corrected chi connectivity index (χ3v) is 8.90. The van der Waals surface area contributed by atoms with Crippen LogP contribution in [0.15, 0.2) is 71.6 Å². The van der Waals surface area contributed by atoms with E-state index >= 15 is 0 Å². The highest BCUT2D eigenvalue weighted by molar-refractivity contribution is 7.92. The molecule has 2 heterocycles. The molecule has 38 heavy (non-hydrogen) atoms. The molecule has 198 valence electrons. The van der Waals surface area contributed by atoms with E-state index in [9.17, 15) is 17.6 Å². The molecule has 8 nitrogen and oxygen atoms in total. The SMILES string of the molecule is Cc1ccc(S(=O)(=O)Nc2ccc(C(=O)NCCN3CCN(c4nc5ccc(F)cc5s4)CC3)cc2)cc1. The topological polar surface area (TPSA) is 94.6 Å². The summed E-state index contributed by atoms with van der Waals surface area (Å²) in [5.74, 6) is -0.462. The van der Waals surface area contributed by atoms with Crippen LogP contribution < -0.4 is 14.9 Å².